The molecule has 0 aliphatic rings. The third-order valence-corrected chi connectivity index (χ3v) is 3.39. The van der Waals surface area contributed by atoms with E-state index in [1.807, 2.05) is 36.2 Å². The molecule has 1 heterocycles. The summed E-state index contributed by atoms with van der Waals surface area (Å²) in [6.45, 7) is 7.63. The Morgan fingerprint density at radius 2 is 1.90 bits per heavy atom. The molecule has 0 saturated heterocycles. The Kier molecular flexibility index (Phi) is 4.73. The molecular formula is C16H22N4O. The van der Waals surface area contributed by atoms with Crippen LogP contribution in [0, 0.1) is 5.92 Å². The maximum Gasteiger partial charge on any atom is 0.272 e. The fraction of sp³-hybridized carbons (Fsp3) is 0.438. The minimum Gasteiger partial charge on any atom is -0.358 e. The molecule has 2 rings (SSSR count). The van der Waals surface area contributed by atoms with Crippen LogP contribution in [-0.2, 0) is 0 Å². The molecule has 1 aromatic heterocycles. The Labute approximate surface area is 125 Å². The van der Waals surface area contributed by atoms with Gasteiger partial charge in [-0.3, -0.25) is 4.79 Å². The van der Waals surface area contributed by atoms with E-state index in [2.05, 4.69) is 36.3 Å². The van der Waals surface area contributed by atoms with Gasteiger partial charge in [0.2, 0.25) is 0 Å². The van der Waals surface area contributed by atoms with E-state index in [1.165, 1.54) is 0 Å². The summed E-state index contributed by atoms with van der Waals surface area (Å²) in [5.74, 6) is 1.03. The van der Waals surface area contributed by atoms with Crippen LogP contribution in [0.5, 0.6) is 0 Å². The van der Waals surface area contributed by atoms with Gasteiger partial charge in [-0.05, 0) is 12.8 Å². The highest BCUT2D eigenvalue weighted by Crippen LogP contribution is 2.24. The molecule has 0 radical (unpaired) electrons. The van der Waals surface area contributed by atoms with Crippen LogP contribution in [0.3, 0.4) is 0 Å². The summed E-state index contributed by atoms with van der Waals surface area (Å²) in [4.78, 5) is 14.3. The zero-order valence-corrected chi connectivity index (χ0v) is 13.1. The molecule has 0 unspecified atom stereocenters. The second kappa shape index (κ2) is 6.52. The molecule has 1 amide bonds. The Balaban J connectivity index is 2.45. The van der Waals surface area contributed by atoms with Crippen molar-refractivity contribution >= 4 is 22.5 Å². The fourth-order valence-electron chi connectivity index (χ4n) is 2.07. The Morgan fingerprint density at radius 1 is 1.24 bits per heavy atom. The van der Waals surface area contributed by atoms with Gasteiger partial charge in [-0.15, -0.1) is 10.2 Å². The van der Waals surface area contributed by atoms with Gasteiger partial charge in [0.1, 0.15) is 0 Å². The van der Waals surface area contributed by atoms with E-state index in [0.717, 1.165) is 23.1 Å². The summed E-state index contributed by atoms with van der Waals surface area (Å²) in [7, 11) is 1.97. The topological polar surface area (TPSA) is 58.1 Å². The number of fused-ring (bicyclic) bond motifs is 1. The average Bonchev–Trinajstić information content (AvgIpc) is 2.50. The first-order chi connectivity index (χ1) is 10.0. The van der Waals surface area contributed by atoms with Crippen molar-refractivity contribution in [2.45, 2.75) is 20.8 Å². The minimum atomic E-state index is -0.168. The number of rotatable bonds is 5. The maximum atomic E-state index is 12.3. The number of aromatic nitrogens is 2. The predicted molar refractivity (Wildman–Crippen MR) is 85.7 cm³/mol. The van der Waals surface area contributed by atoms with Crippen LogP contribution in [0.1, 0.15) is 31.3 Å². The number of carbonyl (C=O) groups is 1. The zero-order valence-electron chi connectivity index (χ0n) is 13.1. The highest BCUT2D eigenvalue weighted by atomic mass is 16.1. The van der Waals surface area contributed by atoms with Gasteiger partial charge in [0.15, 0.2) is 11.5 Å². The lowest BCUT2D eigenvalue weighted by Crippen LogP contribution is -2.29. The lowest BCUT2D eigenvalue weighted by molar-refractivity contribution is 0.0945. The first kappa shape index (κ1) is 15.2. The number of benzene rings is 1. The third kappa shape index (κ3) is 3.29. The van der Waals surface area contributed by atoms with Gasteiger partial charge in [-0.2, -0.15) is 0 Å². The SMILES string of the molecule is CCN(C)c1nnc(C(=O)NCC(C)C)c2ccccc12. The molecule has 0 fully saturated rings. The number of nitrogens with zero attached hydrogens (tertiary/aromatic N) is 3. The predicted octanol–water partition coefficient (Wildman–Crippen LogP) is 2.47. The number of nitrogens with one attached hydrogen (secondary N) is 1. The van der Waals surface area contributed by atoms with Crippen LogP contribution in [0.4, 0.5) is 5.82 Å². The van der Waals surface area contributed by atoms with Crippen molar-refractivity contribution in [1.82, 2.24) is 15.5 Å². The van der Waals surface area contributed by atoms with Crippen molar-refractivity contribution in [3.8, 4) is 0 Å². The number of amides is 1. The molecule has 2 aromatic rings. The maximum absolute atomic E-state index is 12.3. The van der Waals surface area contributed by atoms with E-state index < -0.39 is 0 Å². The smallest absolute Gasteiger partial charge is 0.272 e. The van der Waals surface area contributed by atoms with Gasteiger partial charge in [0, 0.05) is 30.9 Å². The van der Waals surface area contributed by atoms with Crippen molar-refractivity contribution in [2.75, 3.05) is 25.0 Å². The van der Waals surface area contributed by atoms with Crippen LogP contribution in [-0.4, -0.2) is 36.2 Å². The zero-order chi connectivity index (χ0) is 15.4. The van der Waals surface area contributed by atoms with Crippen LogP contribution in [0.2, 0.25) is 0 Å². The molecule has 5 heteroatoms. The van der Waals surface area contributed by atoms with Crippen LogP contribution < -0.4 is 10.2 Å². The van der Waals surface area contributed by atoms with Gasteiger partial charge in [0.25, 0.3) is 5.91 Å². The molecule has 5 nitrogen and oxygen atoms in total. The highest BCUT2D eigenvalue weighted by molar-refractivity contribution is 6.07. The molecule has 1 aromatic carbocycles. The molecule has 112 valence electrons. The summed E-state index contributed by atoms with van der Waals surface area (Å²) in [6, 6.07) is 7.76. The van der Waals surface area contributed by atoms with Crippen LogP contribution >= 0.6 is 0 Å². The molecule has 1 N–H and O–H groups in total. The van der Waals surface area contributed by atoms with Crippen molar-refractivity contribution < 1.29 is 4.79 Å². The summed E-state index contributed by atoms with van der Waals surface area (Å²) >= 11 is 0. The second-order valence-corrected chi connectivity index (χ2v) is 5.54. The lowest BCUT2D eigenvalue weighted by atomic mass is 10.1. The molecule has 0 bridgehead atoms. The van der Waals surface area contributed by atoms with E-state index >= 15 is 0 Å². The van der Waals surface area contributed by atoms with Crippen molar-refractivity contribution in [2.24, 2.45) is 5.92 Å². The van der Waals surface area contributed by atoms with E-state index in [0.29, 0.717) is 18.2 Å². The summed E-state index contributed by atoms with van der Waals surface area (Å²) < 4.78 is 0. The standard InChI is InChI=1S/C16H22N4O/c1-5-20(4)15-13-9-7-6-8-12(13)14(18-19-15)16(21)17-10-11(2)3/h6-9,11H,5,10H2,1-4H3,(H,17,21). The number of carbonyl (C=O) groups excluding carboxylic acids is 1. The first-order valence-corrected chi connectivity index (χ1v) is 7.29. The Hall–Kier alpha value is -2.17. The first-order valence-electron chi connectivity index (χ1n) is 7.29. The molecule has 0 aliphatic carbocycles. The van der Waals surface area contributed by atoms with E-state index in [1.54, 1.807) is 0 Å². The van der Waals surface area contributed by atoms with E-state index in [4.69, 9.17) is 0 Å². The molecule has 0 spiro atoms. The van der Waals surface area contributed by atoms with Crippen LogP contribution in [0.25, 0.3) is 10.8 Å². The minimum absolute atomic E-state index is 0.168. The van der Waals surface area contributed by atoms with Gasteiger partial charge in [0.05, 0.1) is 0 Å². The van der Waals surface area contributed by atoms with Gasteiger partial charge < -0.3 is 10.2 Å². The molecule has 21 heavy (non-hydrogen) atoms. The number of hydrogen-bond donors (Lipinski definition) is 1. The van der Waals surface area contributed by atoms with E-state index in [9.17, 15) is 4.79 Å². The van der Waals surface area contributed by atoms with Gasteiger partial charge >= 0.3 is 0 Å². The molecule has 0 atom stereocenters. The lowest BCUT2D eigenvalue weighted by Gasteiger charge is -2.18. The van der Waals surface area contributed by atoms with Gasteiger partial charge in [-0.1, -0.05) is 38.1 Å². The van der Waals surface area contributed by atoms with E-state index in [-0.39, 0.29) is 5.91 Å². The van der Waals surface area contributed by atoms with Crippen molar-refractivity contribution in [3.63, 3.8) is 0 Å². The monoisotopic (exact) mass is 286 g/mol. The Morgan fingerprint density at radius 3 is 2.52 bits per heavy atom. The normalized spacial score (nSPS) is 10.9. The molecule has 0 aliphatic heterocycles. The number of anilines is 1. The summed E-state index contributed by atoms with van der Waals surface area (Å²) in [5.41, 5.74) is 0.388. The Bertz CT molecular complexity index is 639. The second-order valence-electron chi connectivity index (χ2n) is 5.54. The summed E-state index contributed by atoms with van der Waals surface area (Å²) in [5, 5.41) is 13.1. The third-order valence-electron chi connectivity index (χ3n) is 3.39. The van der Waals surface area contributed by atoms with Crippen LogP contribution in [0.15, 0.2) is 24.3 Å². The summed E-state index contributed by atoms with van der Waals surface area (Å²) in [6.07, 6.45) is 0. The largest absolute Gasteiger partial charge is 0.358 e. The average molecular weight is 286 g/mol. The quantitative estimate of drug-likeness (QED) is 0.917. The highest BCUT2D eigenvalue weighted by Gasteiger charge is 2.16. The molecule has 0 saturated carbocycles. The number of hydrogen-bond acceptors (Lipinski definition) is 4. The van der Waals surface area contributed by atoms with Crippen molar-refractivity contribution in [1.29, 1.82) is 0 Å². The molecular weight excluding hydrogens is 264 g/mol. The van der Waals surface area contributed by atoms with Gasteiger partial charge in [-0.25, -0.2) is 0 Å². The fourth-order valence-corrected chi connectivity index (χ4v) is 2.07. The van der Waals surface area contributed by atoms with Crippen molar-refractivity contribution in [3.05, 3.63) is 30.0 Å².